The van der Waals surface area contributed by atoms with Gasteiger partial charge in [0.15, 0.2) is 6.29 Å². The molecule has 0 radical (unpaired) electrons. The third-order valence-electron chi connectivity index (χ3n) is 2.11. The van der Waals surface area contributed by atoms with Crippen molar-refractivity contribution in [3.05, 3.63) is 0 Å². The van der Waals surface area contributed by atoms with E-state index < -0.39 is 11.9 Å². The van der Waals surface area contributed by atoms with Crippen molar-refractivity contribution in [1.29, 1.82) is 0 Å². The lowest BCUT2D eigenvalue weighted by Crippen LogP contribution is -2.42. The van der Waals surface area contributed by atoms with E-state index in [1.54, 1.807) is 6.92 Å². The highest BCUT2D eigenvalue weighted by Gasteiger charge is 2.38. The molecule has 1 fully saturated rings. The van der Waals surface area contributed by atoms with Gasteiger partial charge in [-0.05, 0) is 6.42 Å². The van der Waals surface area contributed by atoms with E-state index in [1.165, 1.54) is 0 Å². The fourth-order valence-corrected chi connectivity index (χ4v) is 1.22. The summed E-state index contributed by atoms with van der Waals surface area (Å²) in [6, 6.07) is 0. The molecule has 0 spiro atoms. The van der Waals surface area contributed by atoms with Crippen molar-refractivity contribution in [3.8, 4) is 0 Å². The molecule has 0 aromatic carbocycles. The molecule has 0 aromatic heterocycles. The Balaban J connectivity index is 2.56. The Morgan fingerprint density at radius 2 is 2.17 bits per heavy atom. The Kier molecular flexibility index (Phi) is 3.20. The van der Waals surface area contributed by atoms with Crippen LogP contribution < -0.4 is 0 Å². The third-order valence-corrected chi connectivity index (χ3v) is 2.11. The average molecular weight is 174 g/mol. The highest BCUT2D eigenvalue weighted by Crippen LogP contribution is 2.25. The van der Waals surface area contributed by atoms with Gasteiger partial charge in [-0.3, -0.25) is 0 Å². The predicted octanol–water partition coefficient (Wildman–Crippen LogP) is 0.0894. The Hall–Kier alpha value is -0.450. The number of carbonyl (C=O) groups excluding carboxylic acids is 1. The van der Waals surface area contributed by atoms with E-state index >= 15 is 0 Å². The Labute approximate surface area is 71.5 Å². The van der Waals surface area contributed by atoms with Crippen molar-refractivity contribution in [1.82, 2.24) is 0 Å². The number of hydrogen-bond acceptors (Lipinski definition) is 4. The molecule has 1 saturated heterocycles. The van der Waals surface area contributed by atoms with Crippen LogP contribution in [-0.4, -0.2) is 36.5 Å². The van der Waals surface area contributed by atoms with E-state index in [9.17, 15) is 9.90 Å². The van der Waals surface area contributed by atoms with Gasteiger partial charge in [0.25, 0.3) is 0 Å². The van der Waals surface area contributed by atoms with Crippen LogP contribution in [0.15, 0.2) is 0 Å². The molecule has 4 heteroatoms. The first-order valence-electron chi connectivity index (χ1n) is 4.12. The van der Waals surface area contributed by atoms with Crippen LogP contribution in [0.1, 0.15) is 19.8 Å². The standard InChI is InChI=1S/C8H14O4/c1-2-8(10,3-4-9)7-11-5-6-12-7/h4,7,10H,2-3,5-6H2,1H3. The van der Waals surface area contributed by atoms with E-state index in [0.29, 0.717) is 25.9 Å². The number of carbonyl (C=O) groups is 1. The van der Waals surface area contributed by atoms with Crippen molar-refractivity contribution >= 4 is 6.29 Å². The van der Waals surface area contributed by atoms with Gasteiger partial charge in [0, 0.05) is 6.42 Å². The molecule has 4 nitrogen and oxygen atoms in total. The van der Waals surface area contributed by atoms with Gasteiger partial charge in [-0.25, -0.2) is 0 Å². The summed E-state index contributed by atoms with van der Waals surface area (Å²) in [5.41, 5.74) is -1.14. The number of aliphatic hydroxyl groups is 1. The fourth-order valence-electron chi connectivity index (χ4n) is 1.22. The lowest BCUT2D eigenvalue weighted by molar-refractivity contribution is -0.184. The summed E-state index contributed by atoms with van der Waals surface area (Å²) in [6.45, 7) is 2.78. The van der Waals surface area contributed by atoms with E-state index in [4.69, 9.17) is 9.47 Å². The van der Waals surface area contributed by atoms with Crippen LogP contribution in [-0.2, 0) is 14.3 Å². The fraction of sp³-hybridized carbons (Fsp3) is 0.875. The number of ether oxygens (including phenoxy) is 2. The quantitative estimate of drug-likeness (QED) is 0.614. The predicted molar refractivity (Wildman–Crippen MR) is 41.6 cm³/mol. The van der Waals surface area contributed by atoms with E-state index in [1.807, 2.05) is 0 Å². The summed E-state index contributed by atoms with van der Waals surface area (Å²) < 4.78 is 10.3. The number of hydrogen-bond donors (Lipinski definition) is 1. The summed E-state index contributed by atoms with van der Waals surface area (Å²) in [5.74, 6) is 0. The lowest BCUT2D eigenvalue weighted by atomic mass is 9.97. The van der Waals surface area contributed by atoms with Crippen LogP contribution in [0.2, 0.25) is 0 Å². The van der Waals surface area contributed by atoms with Crippen LogP contribution in [0.3, 0.4) is 0 Å². The second-order valence-electron chi connectivity index (χ2n) is 2.90. The monoisotopic (exact) mass is 174 g/mol. The van der Waals surface area contributed by atoms with Crippen molar-refractivity contribution in [2.75, 3.05) is 13.2 Å². The topological polar surface area (TPSA) is 55.8 Å². The van der Waals surface area contributed by atoms with Gasteiger partial charge in [-0.15, -0.1) is 0 Å². The summed E-state index contributed by atoms with van der Waals surface area (Å²) in [4.78, 5) is 10.3. The van der Waals surface area contributed by atoms with Gasteiger partial charge in [-0.1, -0.05) is 6.92 Å². The minimum absolute atomic E-state index is 0.0637. The second kappa shape index (κ2) is 3.98. The Bertz CT molecular complexity index is 153. The van der Waals surface area contributed by atoms with Gasteiger partial charge in [-0.2, -0.15) is 0 Å². The molecule has 0 bridgehead atoms. The molecule has 0 saturated carbocycles. The SMILES string of the molecule is CCC(O)(CC=O)C1OCCO1. The summed E-state index contributed by atoms with van der Waals surface area (Å²) in [7, 11) is 0. The second-order valence-corrected chi connectivity index (χ2v) is 2.90. The van der Waals surface area contributed by atoms with Crippen LogP contribution in [0.5, 0.6) is 0 Å². The van der Waals surface area contributed by atoms with E-state index in [-0.39, 0.29) is 6.42 Å². The molecule has 70 valence electrons. The van der Waals surface area contributed by atoms with Crippen LogP contribution >= 0.6 is 0 Å². The average Bonchev–Trinajstić information content (AvgIpc) is 2.57. The summed E-state index contributed by atoms with van der Waals surface area (Å²) in [5, 5.41) is 9.84. The largest absolute Gasteiger partial charge is 0.384 e. The number of aldehydes is 1. The smallest absolute Gasteiger partial charge is 0.186 e. The minimum Gasteiger partial charge on any atom is -0.384 e. The molecular formula is C8H14O4. The first kappa shape index (κ1) is 9.64. The zero-order valence-electron chi connectivity index (χ0n) is 7.16. The molecule has 1 aliphatic heterocycles. The normalized spacial score (nSPS) is 23.8. The van der Waals surface area contributed by atoms with Gasteiger partial charge in [0.2, 0.25) is 0 Å². The van der Waals surface area contributed by atoms with Crippen molar-refractivity contribution < 1.29 is 19.4 Å². The van der Waals surface area contributed by atoms with Crippen LogP contribution in [0, 0.1) is 0 Å². The lowest BCUT2D eigenvalue weighted by Gasteiger charge is -2.29. The zero-order chi connectivity index (χ0) is 9.03. The maximum Gasteiger partial charge on any atom is 0.186 e. The molecular weight excluding hydrogens is 160 g/mol. The molecule has 12 heavy (non-hydrogen) atoms. The number of rotatable bonds is 4. The van der Waals surface area contributed by atoms with Gasteiger partial charge in [0.1, 0.15) is 11.9 Å². The highest BCUT2D eigenvalue weighted by molar-refractivity contribution is 5.51. The molecule has 1 atom stereocenters. The first-order chi connectivity index (χ1) is 5.73. The van der Waals surface area contributed by atoms with Crippen LogP contribution in [0.4, 0.5) is 0 Å². The zero-order valence-corrected chi connectivity index (χ0v) is 7.16. The molecule has 0 aliphatic carbocycles. The molecule has 1 N–H and O–H groups in total. The van der Waals surface area contributed by atoms with Gasteiger partial charge < -0.3 is 19.4 Å². The maximum atomic E-state index is 10.3. The van der Waals surface area contributed by atoms with Crippen LogP contribution in [0.25, 0.3) is 0 Å². The molecule has 0 aromatic rings. The Morgan fingerprint density at radius 1 is 1.58 bits per heavy atom. The van der Waals surface area contributed by atoms with Crippen molar-refractivity contribution in [2.24, 2.45) is 0 Å². The summed E-state index contributed by atoms with van der Waals surface area (Å²) >= 11 is 0. The van der Waals surface area contributed by atoms with Gasteiger partial charge >= 0.3 is 0 Å². The minimum atomic E-state index is -1.14. The third kappa shape index (κ3) is 1.83. The molecule has 0 amide bonds. The maximum absolute atomic E-state index is 10.3. The highest BCUT2D eigenvalue weighted by atomic mass is 16.7. The molecule has 1 heterocycles. The van der Waals surface area contributed by atoms with Crippen molar-refractivity contribution in [2.45, 2.75) is 31.7 Å². The van der Waals surface area contributed by atoms with E-state index in [0.717, 1.165) is 0 Å². The van der Waals surface area contributed by atoms with Gasteiger partial charge in [0.05, 0.1) is 13.2 Å². The molecule has 1 rings (SSSR count). The Morgan fingerprint density at radius 3 is 2.58 bits per heavy atom. The molecule has 1 aliphatic rings. The van der Waals surface area contributed by atoms with E-state index in [2.05, 4.69) is 0 Å². The summed E-state index contributed by atoms with van der Waals surface area (Å²) in [6.07, 6.45) is 0.576. The first-order valence-corrected chi connectivity index (χ1v) is 4.12. The molecule has 1 unspecified atom stereocenters. The van der Waals surface area contributed by atoms with Crippen molar-refractivity contribution in [3.63, 3.8) is 0 Å².